The van der Waals surface area contributed by atoms with Crippen molar-refractivity contribution < 1.29 is 37.6 Å². The molecule has 4 unspecified atom stereocenters. The summed E-state index contributed by atoms with van der Waals surface area (Å²) in [7, 11) is 3.04. The smallest absolute Gasteiger partial charge is 0.194 e. The molecule has 1 aliphatic rings. The van der Waals surface area contributed by atoms with Gasteiger partial charge in [-0.1, -0.05) is 5.21 Å². The molecule has 1 saturated heterocycles. The van der Waals surface area contributed by atoms with Crippen LogP contribution in [0.4, 0.5) is 13.2 Å². The molecule has 4 aromatic rings. The molecule has 2 aromatic carbocycles. The normalized spacial score (nSPS) is 21.4. The molecule has 1 aliphatic heterocycles. The molecule has 14 heteroatoms. The van der Waals surface area contributed by atoms with Gasteiger partial charge in [0.1, 0.15) is 30.3 Å². The maximum atomic E-state index is 13.7. The summed E-state index contributed by atoms with van der Waals surface area (Å²) in [5.74, 6) is -2.92. The van der Waals surface area contributed by atoms with Gasteiger partial charge in [0.15, 0.2) is 34.8 Å². The van der Waals surface area contributed by atoms with Crippen LogP contribution in [-0.4, -0.2) is 73.0 Å². The molecule has 0 spiro atoms. The summed E-state index contributed by atoms with van der Waals surface area (Å²) in [5, 5.41) is 37.0. The van der Waals surface area contributed by atoms with E-state index in [2.05, 4.69) is 20.5 Å². The number of rotatable bonds is 7. The minimum Gasteiger partial charge on any atom is -0.493 e. The molecule has 11 nitrogen and oxygen atoms in total. The summed E-state index contributed by atoms with van der Waals surface area (Å²) in [6.45, 7) is -0.505. The van der Waals surface area contributed by atoms with E-state index < -0.39 is 48.4 Å². The van der Waals surface area contributed by atoms with E-state index in [1.807, 2.05) is 0 Å². The fraction of sp³-hybridized carbons (Fsp3) is 0.333. The van der Waals surface area contributed by atoms with Crippen LogP contribution in [-0.2, 0) is 4.74 Å². The van der Waals surface area contributed by atoms with Crippen LogP contribution >= 0.6 is 0 Å². The van der Waals surface area contributed by atoms with Gasteiger partial charge in [-0.05, 0) is 24.3 Å². The Balaban J connectivity index is 1.47. The number of nitrogens with zero attached hydrogens (tertiary/aromatic N) is 6. The first-order valence-electron chi connectivity index (χ1n) is 11.5. The van der Waals surface area contributed by atoms with Crippen molar-refractivity contribution in [1.29, 1.82) is 0 Å². The first-order valence-corrected chi connectivity index (χ1v) is 11.5. The number of ether oxygens (including phenoxy) is 3. The number of aliphatic hydroxyl groups excluding tert-OH is 2. The highest BCUT2D eigenvalue weighted by atomic mass is 19.2. The van der Waals surface area contributed by atoms with E-state index in [0.29, 0.717) is 23.0 Å². The molecule has 2 aromatic heterocycles. The van der Waals surface area contributed by atoms with Crippen LogP contribution in [0.2, 0.25) is 0 Å². The zero-order valence-corrected chi connectivity index (χ0v) is 20.2. The largest absolute Gasteiger partial charge is 0.493 e. The number of methoxy groups -OCH3 is 2. The lowest BCUT2D eigenvalue weighted by molar-refractivity contribution is -0.161. The van der Waals surface area contributed by atoms with Crippen LogP contribution in [0.1, 0.15) is 24.4 Å². The second-order valence-electron chi connectivity index (χ2n) is 8.58. The second kappa shape index (κ2) is 10.4. The van der Waals surface area contributed by atoms with Crippen molar-refractivity contribution in [2.45, 2.75) is 30.8 Å². The third kappa shape index (κ3) is 4.57. The maximum Gasteiger partial charge on any atom is 0.194 e. The lowest BCUT2D eigenvalue weighted by Gasteiger charge is -2.38. The third-order valence-electron chi connectivity index (χ3n) is 6.39. The average Bonchev–Trinajstić information content (AvgIpc) is 3.62. The van der Waals surface area contributed by atoms with Crippen molar-refractivity contribution in [3.05, 3.63) is 66.1 Å². The summed E-state index contributed by atoms with van der Waals surface area (Å²) in [5.41, 5.74) is 0.683. The Bertz CT molecular complexity index is 1420. The van der Waals surface area contributed by atoms with Crippen molar-refractivity contribution >= 4 is 0 Å². The van der Waals surface area contributed by atoms with Gasteiger partial charge < -0.3 is 24.4 Å². The molecule has 2 N–H and O–H groups in total. The fourth-order valence-electron chi connectivity index (χ4n) is 4.45. The van der Waals surface area contributed by atoms with E-state index in [1.54, 1.807) is 22.8 Å². The number of benzene rings is 2. The van der Waals surface area contributed by atoms with E-state index in [-0.39, 0.29) is 17.7 Å². The van der Waals surface area contributed by atoms with Gasteiger partial charge in [0.05, 0.1) is 38.8 Å². The summed E-state index contributed by atoms with van der Waals surface area (Å²) >= 11 is 0. The zero-order chi connectivity index (χ0) is 27.0. The van der Waals surface area contributed by atoms with E-state index in [9.17, 15) is 23.4 Å². The van der Waals surface area contributed by atoms with Crippen LogP contribution in [0.25, 0.3) is 16.9 Å². The summed E-state index contributed by atoms with van der Waals surface area (Å²) in [6, 6.07) is 6.07. The van der Waals surface area contributed by atoms with Crippen LogP contribution < -0.4 is 9.47 Å². The van der Waals surface area contributed by atoms with Crippen molar-refractivity contribution in [1.82, 2.24) is 29.8 Å². The highest BCUT2D eigenvalue weighted by molar-refractivity contribution is 5.58. The fourth-order valence-corrected chi connectivity index (χ4v) is 4.45. The van der Waals surface area contributed by atoms with Crippen molar-refractivity contribution in [2.75, 3.05) is 20.8 Å². The number of hydrogen-bond donors (Lipinski definition) is 2. The lowest BCUT2D eigenvalue weighted by atomic mass is 9.95. The van der Waals surface area contributed by atoms with Gasteiger partial charge in [0.25, 0.3) is 0 Å². The predicted octanol–water partition coefficient (Wildman–Crippen LogP) is 2.38. The van der Waals surface area contributed by atoms with Crippen LogP contribution in [0.15, 0.2) is 42.9 Å². The summed E-state index contributed by atoms with van der Waals surface area (Å²) < 4.78 is 60.5. The van der Waals surface area contributed by atoms with E-state index in [1.165, 1.54) is 31.4 Å². The Morgan fingerprint density at radius 3 is 2.47 bits per heavy atom. The van der Waals surface area contributed by atoms with Gasteiger partial charge in [-0.2, -0.15) is 0 Å². The van der Waals surface area contributed by atoms with Crippen LogP contribution in [0, 0.1) is 17.5 Å². The van der Waals surface area contributed by atoms with Gasteiger partial charge in [0.2, 0.25) is 0 Å². The van der Waals surface area contributed by atoms with Gasteiger partial charge in [-0.25, -0.2) is 17.9 Å². The highest BCUT2D eigenvalue weighted by Crippen LogP contribution is 2.38. The van der Waals surface area contributed by atoms with E-state index in [0.717, 1.165) is 12.1 Å². The summed E-state index contributed by atoms with van der Waals surface area (Å²) in [6.07, 6.45) is 0.0326. The van der Waals surface area contributed by atoms with Crippen molar-refractivity contribution in [3.63, 3.8) is 0 Å². The Morgan fingerprint density at radius 2 is 1.79 bits per heavy atom. The Hall–Kier alpha value is -4.01. The molecular formula is C24H23F3N6O5. The maximum absolute atomic E-state index is 13.7. The van der Waals surface area contributed by atoms with Crippen LogP contribution in [0.3, 0.4) is 0 Å². The zero-order valence-electron chi connectivity index (χ0n) is 20.2. The molecule has 0 aliphatic carbocycles. The number of aromatic nitrogens is 6. The lowest BCUT2D eigenvalue weighted by Crippen LogP contribution is -2.45. The first kappa shape index (κ1) is 25.6. The average molecular weight is 532 g/mol. The molecule has 0 radical (unpaired) electrons. The Morgan fingerprint density at radius 1 is 1.05 bits per heavy atom. The van der Waals surface area contributed by atoms with Crippen LogP contribution in [0.5, 0.6) is 11.5 Å². The quantitative estimate of drug-likeness (QED) is 0.345. The molecule has 38 heavy (non-hydrogen) atoms. The third-order valence-corrected chi connectivity index (χ3v) is 6.39. The minimum absolute atomic E-state index is 0.0300. The molecule has 0 saturated carbocycles. The highest BCUT2D eigenvalue weighted by Gasteiger charge is 2.41. The molecular weight excluding hydrogens is 509 g/mol. The number of hydrogen-bond acceptors (Lipinski definition) is 9. The molecule has 5 rings (SSSR count). The van der Waals surface area contributed by atoms with Crippen molar-refractivity contribution in [3.8, 4) is 28.4 Å². The standard InChI is InChI=1S/C24H23F3N6O5/c1-36-18-4-3-13(7-19(18)37-2)32-11-28-30-24(32)20-8-17(23(35)21(10-34)38-20)33-9-16(29-31-33)12-5-14(25)22(27)15(26)6-12/h3-7,9,11,17,20-21,23,34-35H,8,10H2,1-2H3. The monoisotopic (exact) mass is 532 g/mol. The SMILES string of the molecule is COc1ccc(-n2cnnc2C2CC(n3cc(-c4cc(F)c(F)c(F)c4)nn3)C(O)C(CO)O2)cc1OC. The number of halogens is 3. The second-order valence-corrected chi connectivity index (χ2v) is 8.58. The molecule has 0 amide bonds. The van der Waals surface area contributed by atoms with E-state index in [4.69, 9.17) is 14.2 Å². The first-order chi connectivity index (χ1) is 18.3. The van der Waals surface area contributed by atoms with Crippen molar-refractivity contribution in [2.24, 2.45) is 0 Å². The topological polar surface area (TPSA) is 130 Å². The molecule has 4 atom stereocenters. The molecule has 200 valence electrons. The Kier molecular flexibility index (Phi) is 7.01. The summed E-state index contributed by atoms with van der Waals surface area (Å²) in [4.78, 5) is 0. The minimum atomic E-state index is -1.59. The molecule has 3 heterocycles. The van der Waals surface area contributed by atoms with Gasteiger partial charge >= 0.3 is 0 Å². The number of aliphatic hydroxyl groups is 2. The van der Waals surface area contributed by atoms with Gasteiger partial charge in [-0.15, -0.1) is 15.3 Å². The predicted molar refractivity (Wildman–Crippen MR) is 124 cm³/mol. The van der Waals surface area contributed by atoms with Gasteiger partial charge in [0, 0.05) is 18.1 Å². The Labute approximate surface area is 214 Å². The molecule has 1 fully saturated rings. The molecule has 0 bridgehead atoms. The van der Waals surface area contributed by atoms with E-state index >= 15 is 0 Å². The van der Waals surface area contributed by atoms with Gasteiger partial charge in [-0.3, -0.25) is 4.57 Å².